The van der Waals surface area contributed by atoms with Crippen LogP contribution in [0.5, 0.6) is 5.75 Å². The second-order valence-electron chi connectivity index (χ2n) is 4.20. The Labute approximate surface area is 122 Å². The quantitative estimate of drug-likeness (QED) is 0.846. The van der Waals surface area contributed by atoms with Crippen LogP contribution in [0.25, 0.3) is 0 Å². The number of hydrogen-bond donors (Lipinski definition) is 1. The molecule has 1 heterocycles. The van der Waals surface area contributed by atoms with Crippen molar-refractivity contribution in [1.29, 1.82) is 0 Å². The molecule has 20 heavy (non-hydrogen) atoms. The summed E-state index contributed by atoms with van der Waals surface area (Å²) in [7, 11) is -1.74. The largest absolute Gasteiger partial charge is 0.496 e. The number of thiazole rings is 1. The van der Waals surface area contributed by atoms with Crippen molar-refractivity contribution in [3.63, 3.8) is 0 Å². The van der Waals surface area contributed by atoms with Crippen LogP contribution < -0.4 is 9.46 Å². The maximum atomic E-state index is 11.9. The van der Waals surface area contributed by atoms with Crippen molar-refractivity contribution in [2.24, 2.45) is 0 Å². The lowest BCUT2D eigenvalue weighted by Gasteiger charge is -2.09. The monoisotopic (exact) mass is 312 g/mol. The van der Waals surface area contributed by atoms with Gasteiger partial charge in [0.2, 0.25) is 10.0 Å². The number of ether oxygens (including phenoxy) is 1. The van der Waals surface area contributed by atoms with Gasteiger partial charge in [0.05, 0.1) is 18.3 Å². The molecular weight excluding hydrogens is 296 g/mol. The molecule has 0 spiro atoms. The smallest absolute Gasteiger partial charge is 0.217 e. The number of nitrogens with one attached hydrogen (secondary N) is 1. The summed E-state index contributed by atoms with van der Waals surface area (Å²) in [6, 6.07) is 7.57. The van der Waals surface area contributed by atoms with Crippen LogP contribution in [0.3, 0.4) is 0 Å². The lowest BCUT2D eigenvalue weighted by molar-refractivity contribution is 0.409. The maximum absolute atomic E-state index is 11.9. The van der Waals surface area contributed by atoms with E-state index in [4.69, 9.17) is 4.74 Å². The molecule has 0 atom stereocenters. The lowest BCUT2D eigenvalue weighted by atomic mass is 10.1. The molecule has 0 unspecified atom stereocenters. The molecule has 0 radical (unpaired) electrons. The molecule has 1 aromatic carbocycles. The molecule has 7 heteroatoms. The van der Waals surface area contributed by atoms with Crippen LogP contribution in [0.4, 0.5) is 0 Å². The van der Waals surface area contributed by atoms with Gasteiger partial charge in [0.25, 0.3) is 0 Å². The van der Waals surface area contributed by atoms with E-state index in [2.05, 4.69) is 9.71 Å². The molecule has 0 aliphatic rings. The van der Waals surface area contributed by atoms with E-state index in [1.807, 2.05) is 24.3 Å². The predicted molar refractivity (Wildman–Crippen MR) is 79.4 cm³/mol. The minimum absolute atomic E-state index is 0.0809. The van der Waals surface area contributed by atoms with Gasteiger partial charge in [0.1, 0.15) is 11.5 Å². The highest BCUT2D eigenvalue weighted by molar-refractivity contribution is 7.88. The van der Waals surface area contributed by atoms with Crippen LogP contribution >= 0.6 is 11.3 Å². The first-order valence-electron chi connectivity index (χ1n) is 6.07. The van der Waals surface area contributed by atoms with Crippen LogP contribution in [0.2, 0.25) is 0 Å². The summed E-state index contributed by atoms with van der Waals surface area (Å²) in [5, 5.41) is 1.74. The Morgan fingerprint density at radius 3 is 2.85 bits per heavy atom. The summed E-state index contributed by atoms with van der Waals surface area (Å²) in [5.74, 6) is 0.689. The number of methoxy groups -OCH3 is 1. The van der Waals surface area contributed by atoms with Crippen LogP contribution in [0.1, 0.15) is 11.3 Å². The van der Waals surface area contributed by atoms with Gasteiger partial charge in [-0.1, -0.05) is 18.2 Å². The van der Waals surface area contributed by atoms with E-state index in [0.717, 1.165) is 11.3 Å². The van der Waals surface area contributed by atoms with E-state index < -0.39 is 10.0 Å². The summed E-state index contributed by atoms with van der Waals surface area (Å²) in [5.41, 5.74) is 3.17. The van der Waals surface area contributed by atoms with Gasteiger partial charge < -0.3 is 4.74 Å². The van der Waals surface area contributed by atoms with E-state index in [9.17, 15) is 8.42 Å². The molecule has 2 aromatic rings. The fraction of sp³-hybridized carbons (Fsp3) is 0.308. The minimum Gasteiger partial charge on any atom is -0.496 e. The first-order chi connectivity index (χ1) is 9.61. The molecule has 0 amide bonds. The van der Waals surface area contributed by atoms with Gasteiger partial charge in [0, 0.05) is 11.9 Å². The topological polar surface area (TPSA) is 68.3 Å². The summed E-state index contributed by atoms with van der Waals surface area (Å²) in [6.45, 7) is 0.340. The lowest BCUT2D eigenvalue weighted by Crippen LogP contribution is -2.27. The maximum Gasteiger partial charge on any atom is 0.217 e. The zero-order valence-corrected chi connectivity index (χ0v) is 12.7. The fourth-order valence-corrected chi connectivity index (χ4v) is 3.53. The van der Waals surface area contributed by atoms with E-state index in [0.29, 0.717) is 18.7 Å². The van der Waals surface area contributed by atoms with Gasteiger partial charge in [-0.15, -0.1) is 11.3 Å². The zero-order chi connectivity index (χ0) is 14.4. The number of para-hydroxylation sites is 1. The van der Waals surface area contributed by atoms with Crippen molar-refractivity contribution in [2.45, 2.75) is 12.2 Å². The molecule has 108 valence electrons. The summed E-state index contributed by atoms with van der Waals surface area (Å²) < 4.78 is 31.5. The van der Waals surface area contributed by atoms with Crippen LogP contribution in [0, 0.1) is 0 Å². The second-order valence-corrected chi connectivity index (χ2v) is 6.72. The Bertz CT molecular complexity index is 639. The van der Waals surface area contributed by atoms with Gasteiger partial charge in [-0.3, -0.25) is 0 Å². The number of benzene rings is 1. The molecule has 0 fully saturated rings. The predicted octanol–water partition coefficient (Wildman–Crippen LogP) is 1.81. The highest BCUT2D eigenvalue weighted by atomic mass is 32.2. The first kappa shape index (κ1) is 15.0. The van der Waals surface area contributed by atoms with Crippen LogP contribution in [-0.4, -0.2) is 27.1 Å². The number of nitrogens with zero attached hydrogens (tertiary/aromatic N) is 1. The number of sulfonamides is 1. The molecule has 0 saturated carbocycles. The van der Waals surface area contributed by atoms with Crippen molar-refractivity contribution >= 4 is 21.4 Å². The van der Waals surface area contributed by atoms with Crippen molar-refractivity contribution in [1.82, 2.24) is 9.71 Å². The average molecular weight is 312 g/mol. The fourth-order valence-electron chi connectivity index (χ4n) is 1.81. The normalized spacial score (nSPS) is 11.4. The molecular formula is C13H16N2O3S2. The van der Waals surface area contributed by atoms with Gasteiger partial charge in [0.15, 0.2) is 0 Å². The molecule has 5 nitrogen and oxygen atoms in total. The summed E-state index contributed by atoms with van der Waals surface area (Å²) in [6.07, 6.45) is 0.584. The third-order valence-corrected chi connectivity index (χ3v) is 4.69. The Kier molecular flexibility index (Phi) is 5.11. The van der Waals surface area contributed by atoms with E-state index >= 15 is 0 Å². The summed E-state index contributed by atoms with van der Waals surface area (Å²) >= 11 is 1.39. The van der Waals surface area contributed by atoms with Crippen molar-refractivity contribution in [2.75, 3.05) is 13.7 Å². The number of aromatic nitrogens is 1. The zero-order valence-electron chi connectivity index (χ0n) is 11.1. The van der Waals surface area contributed by atoms with E-state index in [-0.39, 0.29) is 5.75 Å². The van der Waals surface area contributed by atoms with Gasteiger partial charge in [-0.05, 0) is 18.1 Å². The molecule has 1 aromatic heterocycles. The Hall–Kier alpha value is -1.44. The molecule has 0 saturated heterocycles. The molecule has 2 rings (SSSR count). The Morgan fingerprint density at radius 2 is 2.15 bits per heavy atom. The molecule has 0 bridgehead atoms. The Morgan fingerprint density at radius 1 is 1.35 bits per heavy atom. The number of rotatable bonds is 7. The standard InChI is InChI=1S/C13H16N2O3S2/c1-18-13-5-3-2-4-11(13)6-7-15-20(16,17)9-12-8-19-10-14-12/h2-5,8,10,15H,6-7,9H2,1H3. The number of hydrogen-bond acceptors (Lipinski definition) is 5. The van der Waals surface area contributed by atoms with Crippen molar-refractivity contribution in [3.05, 3.63) is 46.4 Å². The van der Waals surface area contributed by atoms with Crippen LogP contribution in [-0.2, 0) is 22.2 Å². The van der Waals surface area contributed by atoms with E-state index in [1.54, 1.807) is 18.0 Å². The minimum atomic E-state index is -3.34. The van der Waals surface area contributed by atoms with Gasteiger partial charge in [-0.25, -0.2) is 18.1 Å². The highest BCUT2D eigenvalue weighted by Gasteiger charge is 2.12. The third-order valence-electron chi connectivity index (χ3n) is 2.73. The Balaban J connectivity index is 1.89. The van der Waals surface area contributed by atoms with Crippen LogP contribution in [0.15, 0.2) is 35.2 Å². The van der Waals surface area contributed by atoms with Gasteiger partial charge in [-0.2, -0.15) is 0 Å². The first-order valence-corrected chi connectivity index (χ1v) is 8.66. The van der Waals surface area contributed by atoms with Crippen molar-refractivity contribution in [3.8, 4) is 5.75 Å². The highest BCUT2D eigenvalue weighted by Crippen LogP contribution is 2.17. The van der Waals surface area contributed by atoms with Crippen molar-refractivity contribution < 1.29 is 13.2 Å². The van der Waals surface area contributed by atoms with E-state index in [1.165, 1.54) is 11.3 Å². The molecule has 0 aliphatic carbocycles. The second kappa shape index (κ2) is 6.83. The van der Waals surface area contributed by atoms with Gasteiger partial charge >= 0.3 is 0 Å². The average Bonchev–Trinajstić information content (AvgIpc) is 2.91. The molecule has 0 aliphatic heterocycles. The summed E-state index contributed by atoms with van der Waals surface area (Å²) in [4.78, 5) is 3.97. The third kappa shape index (κ3) is 4.29. The molecule has 1 N–H and O–H groups in total. The SMILES string of the molecule is COc1ccccc1CCNS(=O)(=O)Cc1cscn1.